The number of rotatable bonds is 7. The van der Waals surface area contributed by atoms with Crippen LogP contribution in [-0.4, -0.2) is 53.5 Å². The summed E-state index contributed by atoms with van der Waals surface area (Å²) in [5, 5.41) is 12.1. The smallest absolute Gasteiger partial charge is 0.225 e. The second-order valence-electron chi connectivity index (χ2n) is 9.49. The first-order valence-corrected chi connectivity index (χ1v) is 12.1. The Kier molecular flexibility index (Phi) is 7.90. The summed E-state index contributed by atoms with van der Waals surface area (Å²) in [4.78, 5) is 26.1. The molecule has 2 aliphatic rings. The van der Waals surface area contributed by atoms with Crippen LogP contribution >= 0.6 is 0 Å². The number of benzene rings is 1. The van der Waals surface area contributed by atoms with Gasteiger partial charge in [0.2, 0.25) is 11.9 Å². The molecular formula is C26H34N6O. The second kappa shape index (κ2) is 11.2. The molecule has 2 atom stereocenters. The van der Waals surface area contributed by atoms with Crippen molar-refractivity contribution in [1.82, 2.24) is 20.2 Å². The summed E-state index contributed by atoms with van der Waals surface area (Å²) in [6, 6.07) is 12.7. The lowest BCUT2D eigenvalue weighted by Crippen LogP contribution is -2.46. The number of anilines is 1. The van der Waals surface area contributed by atoms with Crippen molar-refractivity contribution in [1.29, 1.82) is 5.26 Å². The fraction of sp³-hybridized carbons (Fsp3) is 0.538. The number of nitriles is 1. The average molecular weight is 447 g/mol. The van der Waals surface area contributed by atoms with E-state index in [9.17, 15) is 4.79 Å². The Bertz CT molecular complexity index is 934. The molecule has 2 aliphatic heterocycles. The van der Waals surface area contributed by atoms with Crippen molar-refractivity contribution in [3.05, 3.63) is 53.9 Å². The minimum Gasteiger partial charge on any atom is -0.356 e. The largest absolute Gasteiger partial charge is 0.356 e. The molecule has 33 heavy (non-hydrogen) atoms. The van der Waals surface area contributed by atoms with Gasteiger partial charge in [-0.1, -0.05) is 37.3 Å². The summed E-state index contributed by atoms with van der Waals surface area (Å²) in [6.07, 6.45) is 7.39. The number of hydrogen-bond donors (Lipinski definition) is 1. The zero-order valence-electron chi connectivity index (χ0n) is 19.5. The van der Waals surface area contributed by atoms with Gasteiger partial charge in [0, 0.05) is 32.1 Å². The Labute approximate surface area is 196 Å². The third kappa shape index (κ3) is 6.29. The maximum atomic E-state index is 12.8. The number of carbonyl (C=O) groups excluding carboxylic acids is 1. The Balaban J connectivity index is 1.15. The lowest BCUT2D eigenvalue weighted by Gasteiger charge is -2.36. The summed E-state index contributed by atoms with van der Waals surface area (Å²) in [5.74, 6) is 1.79. The zero-order chi connectivity index (χ0) is 23.0. The molecule has 0 saturated carbocycles. The lowest BCUT2D eigenvalue weighted by atomic mass is 9.86. The quantitative estimate of drug-likeness (QED) is 0.703. The Hall–Kier alpha value is -2.98. The number of piperidine rings is 2. The van der Waals surface area contributed by atoms with Crippen LogP contribution in [0.25, 0.3) is 0 Å². The molecule has 3 heterocycles. The predicted octanol–water partition coefficient (Wildman–Crippen LogP) is 3.23. The van der Waals surface area contributed by atoms with Crippen LogP contribution in [0.1, 0.15) is 43.7 Å². The van der Waals surface area contributed by atoms with Gasteiger partial charge in [-0.2, -0.15) is 5.26 Å². The van der Waals surface area contributed by atoms with E-state index in [1.54, 1.807) is 12.4 Å². The van der Waals surface area contributed by atoms with Crippen LogP contribution in [0.15, 0.2) is 42.7 Å². The van der Waals surface area contributed by atoms with E-state index in [-0.39, 0.29) is 17.7 Å². The minimum absolute atomic E-state index is 0.0346. The van der Waals surface area contributed by atoms with Crippen molar-refractivity contribution in [3.63, 3.8) is 0 Å². The number of aromatic nitrogens is 2. The van der Waals surface area contributed by atoms with Gasteiger partial charge in [0.25, 0.3) is 0 Å². The summed E-state index contributed by atoms with van der Waals surface area (Å²) in [6.45, 7) is 7.73. The second-order valence-corrected chi connectivity index (χ2v) is 9.49. The molecule has 1 N–H and O–H groups in total. The van der Waals surface area contributed by atoms with E-state index in [1.807, 2.05) is 6.07 Å². The van der Waals surface area contributed by atoms with Crippen molar-refractivity contribution in [2.75, 3.05) is 37.6 Å². The normalized spacial score (nSPS) is 22.0. The van der Waals surface area contributed by atoms with Crippen molar-refractivity contribution >= 4 is 11.9 Å². The summed E-state index contributed by atoms with van der Waals surface area (Å²) in [7, 11) is 0. The van der Waals surface area contributed by atoms with E-state index in [1.165, 1.54) is 18.4 Å². The highest BCUT2D eigenvalue weighted by atomic mass is 16.1. The van der Waals surface area contributed by atoms with Gasteiger partial charge in [0.05, 0.1) is 18.0 Å². The molecule has 7 heteroatoms. The molecule has 2 aromatic rings. The number of hydrogen-bond acceptors (Lipinski definition) is 6. The molecular weight excluding hydrogens is 412 g/mol. The predicted molar refractivity (Wildman–Crippen MR) is 128 cm³/mol. The minimum atomic E-state index is 0.0346. The van der Waals surface area contributed by atoms with E-state index in [4.69, 9.17) is 5.26 Å². The van der Waals surface area contributed by atoms with Crippen LogP contribution in [0.5, 0.6) is 0 Å². The van der Waals surface area contributed by atoms with Gasteiger partial charge in [-0.15, -0.1) is 0 Å². The molecule has 2 fully saturated rings. The summed E-state index contributed by atoms with van der Waals surface area (Å²) < 4.78 is 0. The third-order valence-electron chi connectivity index (χ3n) is 7.10. The van der Waals surface area contributed by atoms with Crippen LogP contribution in [0.3, 0.4) is 0 Å². The van der Waals surface area contributed by atoms with Gasteiger partial charge >= 0.3 is 0 Å². The van der Waals surface area contributed by atoms with Crippen molar-refractivity contribution in [2.45, 2.75) is 39.2 Å². The van der Waals surface area contributed by atoms with Crippen LogP contribution in [-0.2, 0) is 11.3 Å². The lowest BCUT2D eigenvalue weighted by molar-refractivity contribution is -0.127. The standard InChI is InChI=1S/C26H34N6O/c1-20-18-32(26-29-16-23(15-27)17-30-26)14-10-24(20)25(33)28-11-7-21-8-12-31(13-9-21)19-22-5-3-2-4-6-22/h2-6,16-17,20-21,24H,7-14,18-19H2,1H3,(H,28,33). The number of nitrogens with one attached hydrogen (secondary N) is 1. The maximum absolute atomic E-state index is 12.8. The van der Waals surface area contributed by atoms with E-state index >= 15 is 0 Å². The maximum Gasteiger partial charge on any atom is 0.225 e. The van der Waals surface area contributed by atoms with E-state index in [0.717, 1.165) is 52.1 Å². The van der Waals surface area contributed by atoms with Gasteiger partial charge in [-0.25, -0.2) is 9.97 Å². The number of amides is 1. The van der Waals surface area contributed by atoms with E-state index in [0.29, 0.717) is 17.4 Å². The van der Waals surface area contributed by atoms with Crippen molar-refractivity contribution in [3.8, 4) is 6.07 Å². The monoisotopic (exact) mass is 446 g/mol. The summed E-state index contributed by atoms with van der Waals surface area (Å²) >= 11 is 0. The SMILES string of the molecule is CC1CN(c2ncc(C#N)cn2)CCC1C(=O)NCCC1CCN(Cc2ccccc2)CC1. The molecule has 1 aromatic heterocycles. The van der Waals surface area contributed by atoms with Crippen LogP contribution < -0.4 is 10.2 Å². The van der Waals surface area contributed by atoms with Gasteiger partial charge in [0.1, 0.15) is 6.07 Å². The Morgan fingerprint density at radius 1 is 1.12 bits per heavy atom. The molecule has 174 valence electrons. The topological polar surface area (TPSA) is 85.1 Å². The Morgan fingerprint density at radius 2 is 1.85 bits per heavy atom. The van der Waals surface area contributed by atoms with Gasteiger partial charge in [-0.3, -0.25) is 9.69 Å². The van der Waals surface area contributed by atoms with Crippen LogP contribution in [0.4, 0.5) is 5.95 Å². The molecule has 0 spiro atoms. The van der Waals surface area contributed by atoms with Crippen molar-refractivity contribution in [2.24, 2.45) is 17.8 Å². The van der Waals surface area contributed by atoms with E-state index in [2.05, 4.69) is 62.3 Å². The average Bonchev–Trinajstić information content (AvgIpc) is 2.85. The van der Waals surface area contributed by atoms with Crippen molar-refractivity contribution < 1.29 is 4.79 Å². The molecule has 0 radical (unpaired) electrons. The molecule has 7 nitrogen and oxygen atoms in total. The van der Waals surface area contributed by atoms with Crippen LogP contribution in [0, 0.1) is 29.1 Å². The highest BCUT2D eigenvalue weighted by Crippen LogP contribution is 2.26. The number of nitrogens with zero attached hydrogens (tertiary/aromatic N) is 5. The molecule has 4 rings (SSSR count). The molecule has 0 aliphatic carbocycles. The van der Waals surface area contributed by atoms with Gasteiger partial charge in [0.15, 0.2) is 0 Å². The molecule has 1 aromatic carbocycles. The first-order chi connectivity index (χ1) is 16.1. The van der Waals surface area contributed by atoms with Gasteiger partial charge in [-0.05, 0) is 56.2 Å². The molecule has 0 bridgehead atoms. The molecule has 1 amide bonds. The van der Waals surface area contributed by atoms with Crippen LogP contribution in [0.2, 0.25) is 0 Å². The van der Waals surface area contributed by atoms with E-state index < -0.39 is 0 Å². The summed E-state index contributed by atoms with van der Waals surface area (Å²) in [5.41, 5.74) is 1.84. The fourth-order valence-corrected chi connectivity index (χ4v) is 5.06. The molecule has 2 saturated heterocycles. The molecule has 2 unspecified atom stereocenters. The zero-order valence-corrected chi connectivity index (χ0v) is 19.5. The fourth-order valence-electron chi connectivity index (χ4n) is 5.06. The number of carbonyl (C=O) groups is 1. The first-order valence-electron chi connectivity index (χ1n) is 12.1. The highest BCUT2D eigenvalue weighted by Gasteiger charge is 2.32. The highest BCUT2D eigenvalue weighted by molar-refractivity contribution is 5.79. The number of likely N-dealkylation sites (tertiary alicyclic amines) is 1. The Morgan fingerprint density at radius 3 is 2.52 bits per heavy atom. The third-order valence-corrected chi connectivity index (χ3v) is 7.10. The van der Waals surface area contributed by atoms with Gasteiger partial charge < -0.3 is 10.2 Å². The first kappa shape index (κ1) is 23.2.